The number of aryl methyl sites for hydroxylation is 1. The van der Waals surface area contributed by atoms with Crippen LogP contribution in [0.1, 0.15) is 34.1 Å². The van der Waals surface area contributed by atoms with Gasteiger partial charge in [-0.15, -0.1) is 13.2 Å². The van der Waals surface area contributed by atoms with Crippen LogP contribution in [0.25, 0.3) is 10.9 Å². The highest BCUT2D eigenvalue weighted by Crippen LogP contribution is 2.32. The molecular weight excluding hydrogens is 454 g/mol. The number of carbonyl (C=O) groups is 1. The summed E-state index contributed by atoms with van der Waals surface area (Å²) in [5.41, 5.74) is 1.24. The number of likely N-dealkylation sites (tertiary alicyclic amines) is 1. The highest BCUT2D eigenvalue weighted by molar-refractivity contribution is 6.30. The van der Waals surface area contributed by atoms with E-state index in [2.05, 4.69) is 9.84 Å². The smallest absolute Gasteiger partial charge is 0.478 e. The van der Waals surface area contributed by atoms with E-state index in [9.17, 15) is 22.4 Å². The van der Waals surface area contributed by atoms with Gasteiger partial charge in [0, 0.05) is 36.1 Å². The average Bonchev–Trinajstić information content (AvgIpc) is 3.23. The lowest BCUT2D eigenvalue weighted by Gasteiger charge is -2.18. The number of hydrogen-bond acceptors (Lipinski definition) is 4. The number of aromatic carboxylic acids is 1. The number of fused-ring (bicyclic) bond motifs is 1. The Balaban J connectivity index is 1.54. The number of alkyl halides is 3. The molecule has 1 unspecified atom stereocenters. The highest BCUT2D eigenvalue weighted by Gasteiger charge is 2.32. The summed E-state index contributed by atoms with van der Waals surface area (Å²) in [6.45, 7) is 3.24. The first kappa shape index (κ1) is 22.3. The van der Waals surface area contributed by atoms with E-state index in [1.807, 2.05) is 4.90 Å². The molecular formula is C21H18ClF4N3O3. The van der Waals surface area contributed by atoms with E-state index in [0.29, 0.717) is 48.2 Å². The summed E-state index contributed by atoms with van der Waals surface area (Å²) < 4.78 is 57.5. The third-order valence-corrected chi connectivity index (χ3v) is 5.59. The Hall–Kier alpha value is -2.85. The Morgan fingerprint density at radius 1 is 1.28 bits per heavy atom. The normalized spacial score (nSPS) is 17.2. The molecule has 4 rings (SSSR count). The second kappa shape index (κ2) is 8.25. The zero-order valence-electron chi connectivity index (χ0n) is 16.8. The van der Waals surface area contributed by atoms with E-state index in [4.69, 9.17) is 16.7 Å². The van der Waals surface area contributed by atoms with Crippen LogP contribution in [0.2, 0.25) is 5.02 Å². The van der Waals surface area contributed by atoms with Gasteiger partial charge >= 0.3 is 12.3 Å². The number of ether oxygens (including phenoxy) is 1. The van der Waals surface area contributed by atoms with Crippen LogP contribution in [0, 0.1) is 12.7 Å². The predicted molar refractivity (Wildman–Crippen MR) is 108 cm³/mol. The number of benzene rings is 2. The molecule has 1 atom stereocenters. The molecule has 0 radical (unpaired) electrons. The van der Waals surface area contributed by atoms with E-state index in [-0.39, 0.29) is 16.8 Å². The maximum Gasteiger partial charge on any atom is 0.573 e. The van der Waals surface area contributed by atoms with E-state index in [1.165, 1.54) is 18.2 Å². The van der Waals surface area contributed by atoms with Gasteiger partial charge in [0.25, 0.3) is 0 Å². The lowest BCUT2D eigenvalue weighted by molar-refractivity contribution is -0.274. The van der Waals surface area contributed by atoms with E-state index in [0.717, 1.165) is 6.07 Å². The summed E-state index contributed by atoms with van der Waals surface area (Å²) in [5.74, 6) is -2.56. The van der Waals surface area contributed by atoms with Crippen molar-refractivity contribution in [3.8, 4) is 5.75 Å². The standard InChI is InChI=1S/C21H18ClF4N3O3/c1-11-16-7-17(20(30)31)18(23)8-19(16)29(27-11)14-2-3-28(10-14)9-12-4-13(22)6-15(5-12)32-21(24,25)26/h4-8,14H,2-3,9-10H2,1H3,(H,30,31). The van der Waals surface area contributed by atoms with Crippen molar-refractivity contribution in [2.75, 3.05) is 13.1 Å². The summed E-state index contributed by atoms with van der Waals surface area (Å²) in [7, 11) is 0. The Labute approximate surface area is 184 Å². The summed E-state index contributed by atoms with van der Waals surface area (Å²) in [6, 6.07) is 6.33. The minimum Gasteiger partial charge on any atom is -0.478 e. The Morgan fingerprint density at radius 3 is 2.72 bits per heavy atom. The lowest BCUT2D eigenvalue weighted by Crippen LogP contribution is -2.22. The molecule has 1 aliphatic heterocycles. The van der Waals surface area contributed by atoms with Crippen molar-refractivity contribution < 1.29 is 32.2 Å². The van der Waals surface area contributed by atoms with Crippen molar-refractivity contribution in [2.24, 2.45) is 0 Å². The molecule has 3 aromatic rings. The minimum atomic E-state index is -4.81. The first-order valence-corrected chi connectivity index (χ1v) is 10.1. The van der Waals surface area contributed by atoms with Crippen LogP contribution < -0.4 is 4.74 Å². The van der Waals surface area contributed by atoms with Crippen LogP contribution >= 0.6 is 11.6 Å². The van der Waals surface area contributed by atoms with E-state index < -0.39 is 23.7 Å². The van der Waals surface area contributed by atoms with Gasteiger partial charge in [-0.1, -0.05) is 11.6 Å². The number of halogens is 5. The van der Waals surface area contributed by atoms with Gasteiger partial charge < -0.3 is 9.84 Å². The molecule has 1 saturated heterocycles. The molecule has 1 N–H and O–H groups in total. The highest BCUT2D eigenvalue weighted by atomic mass is 35.5. The van der Waals surface area contributed by atoms with Crippen LogP contribution in [0.15, 0.2) is 30.3 Å². The molecule has 0 saturated carbocycles. The number of rotatable bonds is 5. The molecule has 0 aliphatic carbocycles. The Morgan fingerprint density at radius 2 is 2.03 bits per heavy atom. The zero-order valence-corrected chi connectivity index (χ0v) is 17.5. The van der Waals surface area contributed by atoms with Gasteiger partial charge in [0.1, 0.15) is 11.6 Å². The number of nitrogens with zero attached hydrogens (tertiary/aromatic N) is 3. The second-order valence-electron chi connectivity index (χ2n) is 7.70. The minimum absolute atomic E-state index is 0.105. The third-order valence-electron chi connectivity index (χ3n) is 5.37. The first-order chi connectivity index (χ1) is 15.0. The SMILES string of the molecule is Cc1nn(C2CCN(Cc3cc(Cl)cc(OC(F)(F)F)c3)C2)c2cc(F)c(C(=O)O)cc12. The van der Waals surface area contributed by atoms with Crippen LogP contribution in [0.4, 0.5) is 17.6 Å². The number of hydrogen-bond donors (Lipinski definition) is 1. The van der Waals surface area contributed by atoms with Gasteiger partial charge in [-0.3, -0.25) is 9.58 Å². The van der Waals surface area contributed by atoms with Gasteiger partial charge in [-0.05, 0) is 43.2 Å². The maximum absolute atomic E-state index is 14.3. The van der Waals surface area contributed by atoms with Gasteiger partial charge in [0.05, 0.1) is 22.8 Å². The molecule has 1 aromatic heterocycles. The van der Waals surface area contributed by atoms with Crippen molar-refractivity contribution in [1.82, 2.24) is 14.7 Å². The van der Waals surface area contributed by atoms with Crippen molar-refractivity contribution >= 4 is 28.5 Å². The summed E-state index contributed by atoms with van der Waals surface area (Å²) in [6.07, 6.45) is -4.12. The van der Waals surface area contributed by atoms with Crippen molar-refractivity contribution in [2.45, 2.75) is 32.3 Å². The summed E-state index contributed by atoms with van der Waals surface area (Å²) in [4.78, 5) is 13.3. The molecule has 2 heterocycles. The van der Waals surface area contributed by atoms with Crippen molar-refractivity contribution in [1.29, 1.82) is 0 Å². The fourth-order valence-corrected chi connectivity index (χ4v) is 4.32. The van der Waals surface area contributed by atoms with Gasteiger partial charge in [0.15, 0.2) is 0 Å². The van der Waals surface area contributed by atoms with E-state index in [1.54, 1.807) is 17.7 Å². The topological polar surface area (TPSA) is 67.6 Å². The molecule has 0 spiro atoms. The lowest BCUT2D eigenvalue weighted by atomic mass is 10.1. The number of carboxylic acids is 1. The third kappa shape index (κ3) is 4.66. The van der Waals surface area contributed by atoms with Gasteiger partial charge in [0.2, 0.25) is 0 Å². The molecule has 11 heteroatoms. The molecule has 32 heavy (non-hydrogen) atoms. The number of carboxylic acid groups (broad SMARTS) is 1. The van der Waals surface area contributed by atoms with Gasteiger partial charge in [-0.2, -0.15) is 5.10 Å². The van der Waals surface area contributed by atoms with Crippen LogP contribution in [-0.2, 0) is 6.54 Å². The van der Waals surface area contributed by atoms with Gasteiger partial charge in [-0.25, -0.2) is 9.18 Å². The molecule has 6 nitrogen and oxygen atoms in total. The molecule has 170 valence electrons. The fourth-order valence-electron chi connectivity index (χ4n) is 4.07. The first-order valence-electron chi connectivity index (χ1n) is 9.69. The summed E-state index contributed by atoms with van der Waals surface area (Å²) >= 11 is 5.95. The van der Waals surface area contributed by atoms with Crippen molar-refractivity contribution in [3.63, 3.8) is 0 Å². The molecule has 0 amide bonds. The van der Waals surface area contributed by atoms with Crippen molar-refractivity contribution in [3.05, 3.63) is 58.0 Å². The Kier molecular flexibility index (Phi) is 5.76. The largest absolute Gasteiger partial charge is 0.573 e. The molecule has 2 aromatic carbocycles. The maximum atomic E-state index is 14.3. The second-order valence-corrected chi connectivity index (χ2v) is 8.14. The molecule has 0 bridgehead atoms. The van der Waals surface area contributed by atoms with Crippen LogP contribution in [-0.4, -0.2) is 45.2 Å². The van der Waals surface area contributed by atoms with Crippen LogP contribution in [0.5, 0.6) is 5.75 Å². The molecule has 1 aliphatic rings. The number of aromatic nitrogens is 2. The predicted octanol–water partition coefficient (Wildman–Crippen LogP) is 5.18. The molecule has 1 fully saturated rings. The Bertz CT molecular complexity index is 1200. The van der Waals surface area contributed by atoms with Crippen LogP contribution in [0.3, 0.4) is 0 Å². The zero-order chi connectivity index (χ0) is 23.2. The average molecular weight is 472 g/mol. The monoisotopic (exact) mass is 471 g/mol. The summed E-state index contributed by atoms with van der Waals surface area (Å²) in [5, 5.41) is 14.3. The van der Waals surface area contributed by atoms with E-state index >= 15 is 0 Å². The fraction of sp³-hybridized carbons (Fsp3) is 0.333. The quantitative estimate of drug-likeness (QED) is 0.519.